The summed E-state index contributed by atoms with van der Waals surface area (Å²) in [6.07, 6.45) is 4.79. The Hall–Kier alpha value is -2.08. The summed E-state index contributed by atoms with van der Waals surface area (Å²) in [5.41, 5.74) is 2.24. The van der Waals surface area contributed by atoms with E-state index in [1.807, 2.05) is 0 Å². The standard InChI is InChI=1S/C18H24N6/c1-13(2)22-11-19-16-21-18(9-5-6-10-18)24-15-8-4-3-7-14(15)20-17(24)23(16)12-22/h3-4,7-8,13H,5-6,9-12H2,1-2H3,(H,19,21). The van der Waals surface area contributed by atoms with Crippen LogP contribution in [-0.4, -0.2) is 39.8 Å². The number of aliphatic imine (C=N–C) groups is 1. The molecule has 1 aliphatic carbocycles. The monoisotopic (exact) mass is 324 g/mol. The second-order valence-electron chi connectivity index (χ2n) is 7.47. The van der Waals surface area contributed by atoms with Gasteiger partial charge in [0.1, 0.15) is 5.66 Å². The predicted octanol–water partition coefficient (Wildman–Crippen LogP) is 2.67. The van der Waals surface area contributed by atoms with Crippen LogP contribution in [0, 0.1) is 0 Å². The number of nitrogens with one attached hydrogen (secondary N) is 1. The first-order valence-electron chi connectivity index (χ1n) is 9.00. The topological polar surface area (TPSA) is 48.7 Å². The van der Waals surface area contributed by atoms with Gasteiger partial charge in [-0.3, -0.25) is 14.4 Å². The molecule has 3 heterocycles. The fourth-order valence-corrected chi connectivity index (χ4v) is 4.32. The normalized spacial score (nSPS) is 22.6. The molecule has 6 nitrogen and oxygen atoms in total. The molecular formula is C18H24N6. The number of hydrogen-bond donors (Lipinski definition) is 1. The maximum Gasteiger partial charge on any atom is 0.216 e. The lowest BCUT2D eigenvalue weighted by Crippen LogP contribution is -2.64. The molecule has 2 aliphatic heterocycles. The van der Waals surface area contributed by atoms with Gasteiger partial charge in [0.25, 0.3) is 0 Å². The highest BCUT2D eigenvalue weighted by molar-refractivity contribution is 5.99. The van der Waals surface area contributed by atoms with Crippen LogP contribution < -0.4 is 10.2 Å². The van der Waals surface area contributed by atoms with Gasteiger partial charge in [0.15, 0.2) is 0 Å². The molecule has 0 bridgehead atoms. The van der Waals surface area contributed by atoms with Crippen molar-refractivity contribution < 1.29 is 0 Å². The van der Waals surface area contributed by atoms with Crippen LogP contribution in [-0.2, 0) is 5.66 Å². The Morgan fingerprint density at radius 3 is 2.75 bits per heavy atom. The number of para-hydroxylation sites is 2. The molecule has 0 unspecified atom stereocenters. The fraction of sp³-hybridized carbons (Fsp3) is 0.556. The van der Waals surface area contributed by atoms with Crippen molar-refractivity contribution in [3.05, 3.63) is 24.3 Å². The second kappa shape index (κ2) is 4.96. The van der Waals surface area contributed by atoms with E-state index in [1.165, 1.54) is 18.4 Å². The minimum Gasteiger partial charge on any atom is -0.333 e. The number of nitrogens with zero attached hydrogens (tertiary/aromatic N) is 5. The predicted molar refractivity (Wildman–Crippen MR) is 95.9 cm³/mol. The van der Waals surface area contributed by atoms with Gasteiger partial charge < -0.3 is 5.32 Å². The van der Waals surface area contributed by atoms with Crippen molar-refractivity contribution in [3.63, 3.8) is 0 Å². The van der Waals surface area contributed by atoms with E-state index < -0.39 is 0 Å². The van der Waals surface area contributed by atoms with Crippen molar-refractivity contribution in [1.82, 2.24) is 19.8 Å². The average Bonchev–Trinajstić information content (AvgIpc) is 3.20. The van der Waals surface area contributed by atoms with Gasteiger partial charge in [-0.15, -0.1) is 0 Å². The fourth-order valence-electron chi connectivity index (χ4n) is 4.32. The molecule has 6 heteroatoms. The Balaban J connectivity index is 1.72. The maximum absolute atomic E-state index is 4.99. The van der Waals surface area contributed by atoms with Gasteiger partial charge in [0.05, 0.1) is 24.4 Å². The Bertz CT molecular complexity index is 814. The number of imidazole rings is 1. The van der Waals surface area contributed by atoms with Gasteiger partial charge in [-0.2, -0.15) is 0 Å². The van der Waals surface area contributed by atoms with E-state index in [0.29, 0.717) is 6.04 Å². The number of fused-ring (bicyclic) bond motifs is 6. The van der Waals surface area contributed by atoms with Crippen molar-refractivity contribution >= 4 is 22.9 Å². The maximum atomic E-state index is 4.99. The summed E-state index contributed by atoms with van der Waals surface area (Å²) in [4.78, 5) is 14.4. The van der Waals surface area contributed by atoms with Crippen molar-refractivity contribution in [3.8, 4) is 0 Å². The average molecular weight is 324 g/mol. The number of anilines is 1. The van der Waals surface area contributed by atoms with Crippen LogP contribution in [0.15, 0.2) is 29.3 Å². The van der Waals surface area contributed by atoms with Crippen LogP contribution in [0.5, 0.6) is 0 Å². The van der Waals surface area contributed by atoms with Crippen LogP contribution in [0.25, 0.3) is 11.0 Å². The van der Waals surface area contributed by atoms with E-state index in [9.17, 15) is 0 Å². The van der Waals surface area contributed by atoms with Crippen molar-refractivity contribution in [2.24, 2.45) is 4.99 Å². The van der Waals surface area contributed by atoms with Gasteiger partial charge in [-0.1, -0.05) is 12.1 Å². The van der Waals surface area contributed by atoms with Crippen molar-refractivity contribution in [2.75, 3.05) is 18.2 Å². The molecule has 2 aromatic rings. The van der Waals surface area contributed by atoms with Crippen LogP contribution in [0.2, 0.25) is 0 Å². The molecule has 1 spiro atoms. The minimum absolute atomic E-state index is 0.0548. The van der Waals surface area contributed by atoms with E-state index in [-0.39, 0.29) is 5.66 Å². The highest BCUT2D eigenvalue weighted by Gasteiger charge is 2.46. The molecule has 5 rings (SSSR count). The van der Waals surface area contributed by atoms with Gasteiger partial charge in [0.2, 0.25) is 11.9 Å². The summed E-state index contributed by atoms with van der Waals surface area (Å²) in [7, 11) is 0. The highest BCUT2D eigenvalue weighted by Crippen LogP contribution is 2.43. The van der Waals surface area contributed by atoms with Gasteiger partial charge in [-0.25, -0.2) is 9.98 Å². The summed E-state index contributed by atoms with van der Waals surface area (Å²) in [5, 5.41) is 3.80. The first kappa shape index (κ1) is 14.3. The molecule has 1 aromatic carbocycles. The molecule has 126 valence electrons. The van der Waals surface area contributed by atoms with Gasteiger partial charge in [-0.05, 0) is 51.7 Å². The zero-order valence-corrected chi connectivity index (χ0v) is 14.4. The zero-order valence-electron chi connectivity index (χ0n) is 14.4. The molecule has 0 radical (unpaired) electrons. The first-order chi connectivity index (χ1) is 11.7. The lowest BCUT2D eigenvalue weighted by Gasteiger charge is -2.47. The molecule has 0 saturated heterocycles. The highest BCUT2D eigenvalue weighted by atomic mass is 15.6. The molecule has 1 aromatic heterocycles. The number of aromatic nitrogens is 2. The molecule has 0 atom stereocenters. The lowest BCUT2D eigenvalue weighted by molar-refractivity contribution is 0.203. The van der Waals surface area contributed by atoms with E-state index >= 15 is 0 Å². The quantitative estimate of drug-likeness (QED) is 0.876. The largest absolute Gasteiger partial charge is 0.333 e. The van der Waals surface area contributed by atoms with Crippen LogP contribution in [0.1, 0.15) is 39.5 Å². The number of benzene rings is 1. The summed E-state index contributed by atoms with van der Waals surface area (Å²) in [5.74, 6) is 2.04. The lowest BCUT2D eigenvalue weighted by atomic mass is 10.1. The minimum atomic E-state index is -0.0548. The van der Waals surface area contributed by atoms with E-state index in [4.69, 9.17) is 9.98 Å². The molecule has 1 saturated carbocycles. The Kier molecular flexibility index (Phi) is 2.95. The van der Waals surface area contributed by atoms with Crippen LogP contribution >= 0.6 is 0 Å². The Labute approximate surface area is 142 Å². The molecular weight excluding hydrogens is 300 g/mol. The van der Waals surface area contributed by atoms with E-state index in [1.54, 1.807) is 0 Å². The first-order valence-corrected chi connectivity index (χ1v) is 9.00. The van der Waals surface area contributed by atoms with Gasteiger partial charge >= 0.3 is 0 Å². The molecule has 1 fully saturated rings. The number of hydrogen-bond acceptors (Lipinski definition) is 5. The summed E-state index contributed by atoms with van der Waals surface area (Å²) < 4.78 is 2.44. The Morgan fingerprint density at radius 2 is 1.96 bits per heavy atom. The van der Waals surface area contributed by atoms with Gasteiger partial charge in [0, 0.05) is 6.04 Å². The zero-order chi connectivity index (χ0) is 16.3. The smallest absolute Gasteiger partial charge is 0.216 e. The van der Waals surface area contributed by atoms with E-state index in [2.05, 4.69) is 57.8 Å². The van der Waals surface area contributed by atoms with Crippen molar-refractivity contribution in [1.29, 1.82) is 0 Å². The number of rotatable bonds is 1. The van der Waals surface area contributed by atoms with E-state index in [0.717, 1.165) is 43.6 Å². The third-order valence-corrected chi connectivity index (χ3v) is 5.70. The second-order valence-corrected chi connectivity index (χ2v) is 7.47. The third kappa shape index (κ3) is 1.86. The SMILES string of the molecule is CC(C)N1CN=C2NC3(CCCC3)n3c(nc4ccccc43)N2C1. The third-order valence-electron chi connectivity index (χ3n) is 5.70. The summed E-state index contributed by atoms with van der Waals surface area (Å²) in [6.45, 7) is 6.04. The summed E-state index contributed by atoms with van der Waals surface area (Å²) >= 11 is 0. The van der Waals surface area contributed by atoms with Crippen LogP contribution in [0.4, 0.5) is 5.95 Å². The molecule has 24 heavy (non-hydrogen) atoms. The molecule has 3 aliphatic rings. The van der Waals surface area contributed by atoms with Crippen LogP contribution in [0.3, 0.4) is 0 Å². The molecule has 1 N–H and O–H groups in total. The Morgan fingerprint density at radius 1 is 1.17 bits per heavy atom. The number of guanidine groups is 1. The molecule has 0 amide bonds. The summed E-state index contributed by atoms with van der Waals surface area (Å²) in [6, 6.07) is 8.96. The van der Waals surface area contributed by atoms with Crippen molar-refractivity contribution in [2.45, 2.75) is 51.2 Å².